The van der Waals surface area contributed by atoms with Gasteiger partial charge in [0.1, 0.15) is 5.70 Å². The number of allylic oxidation sites excluding steroid dienone is 1. The number of rotatable bonds is 7. The molecule has 1 aliphatic rings. The normalized spacial score (nSPS) is 14.4. The first-order valence-corrected chi connectivity index (χ1v) is 10.2. The van der Waals surface area contributed by atoms with E-state index in [0.29, 0.717) is 12.1 Å². The van der Waals surface area contributed by atoms with Crippen molar-refractivity contribution in [3.63, 3.8) is 0 Å². The third kappa shape index (κ3) is 5.93. The molecule has 3 rings (SSSR count). The lowest BCUT2D eigenvalue weighted by Crippen LogP contribution is -2.35. The summed E-state index contributed by atoms with van der Waals surface area (Å²) in [7, 11) is 0. The van der Waals surface area contributed by atoms with E-state index in [1.54, 1.807) is 30.3 Å². The Labute approximate surface area is 164 Å². The molecule has 1 aromatic heterocycles. The average molecular weight is 381 g/mol. The predicted octanol–water partition coefficient (Wildman–Crippen LogP) is 4.53. The minimum Gasteiger partial charge on any atom is -0.350 e. The molecule has 0 radical (unpaired) electrons. The maximum absolute atomic E-state index is 12.7. The Morgan fingerprint density at radius 2 is 1.93 bits per heavy atom. The average Bonchev–Trinajstić information content (AvgIpc) is 3.22. The van der Waals surface area contributed by atoms with E-state index < -0.39 is 0 Å². The Balaban J connectivity index is 1.65. The molecule has 1 aromatic carbocycles. The lowest BCUT2D eigenvalue weighted by molar-refractivity contribution is -0.117. The summed E-state index contributed by atoms with van der Waals surface area (Å²) in [6.45, 7) is 0.577. The molecule has 0 unspecified atom stereocenters. The summed E-state index contributed by atoms with van der Waals surface area (Å²) in [4.78, 5) is 26.1. The van der Waals surface area contributed by atoms with Crippen molar-refractivity contribution < 1.29 is 9.59 Å². The molecule has 2 amide bonds. The van der Waals surface area contributed by atoms with Gasteiger partial charge in [-0.25, -0.2) is 0 Å². The molecule has 2 N–H and O–H groups in total. The molecule has 27 heavy (non-hydrogen) atoms. The first-order valence-electron chi connectivity index (χ1n) is 9.30. The highest BCUT2D eigenvalue weighted by atomic mass is 32.1. The summed E-state index contributed by atoms with van der Waals surface area (Å²) in [5.41, 5.74) is 2.21. The van der Waals surface area contributed by atoms with Crippen LogP contribution in [-0.2, 0) is 4.79 Å². The number of benzene rings is 1. The van der Waals surface area contributed by atoms with Gasteiger partial charge in [0.15, 0.2) is 0 Å². The molecular formula is C22H24N2O2S. The van der Waals surface area contributed by atoms with Gasteiger partial charge < -0.3 is 10.6 Å². The van der Waals surface area contributed by atoms with Crippen molar-refractivity contribution in [1.82, 2.24) is 10.6 Å². The van der Waals surface area contributed by atoms with Crippen LogP contribution < -0.4 is 10.6 Å². The Hall–Kier alpha value is -2.66. The highest BCUT2D eigenvalue weighted by molar-refractivity contribution is 7.10. The van der Waals surface area contributed by atoms with Crippen molar-refractivity contribution in [2.75, 3.05) is 6.54 Å². The standard InChI is InChI=1S/C22H24N2O2S/c25-21(18-10-5-2-6-11-18)24-20(16-19-12-7-15-27-19)22(26)23-14-13-17-8-3-1-4-9-17/h2,5-8,10-12,15-16H,1,3-4,9,13-14H2,(H,23,26)(H,24,25). The van der Waals surface area contributed by atoms with E-state index >= 15 is 0 Å². The zero-order chi connectivity index (χ0) is 18.9. The molecule has 0 spiro atoms. The van der Waals surface area contributed by atoms with Crippen LogP contribution in [0.2, 0.25) is 0 Å². The highest BCUT2D eigenvalue weighted by Gasteiger charge is 2.15. The largest absolute Gasteiger partial charge is 0.350 e. The smallest absolute Gasteiger partial charge is 0.267 e. The monoisotopic (exact) mass is 380 g/mol. The maximum atomic E-state index is 12.7. The van der Waals surface area contributed by atoms with Gasteiger partial charge >= 0.3 is 0 Å². The van der Waals surface area contributed by atoms with Crippen LogP contribution in [0.5, 0.6) is 0 Å². The third-order valence-corrected chi connectivity index (χ3v) is 5.29. The number of hydrogen-bond acceptors (Lipinski definition) is 3. The summed E-state index contributed by atoms with van der Waals surface area (Å²) in [5, 5.41) is 7.64. The molecule has 4 nitrogen and oxygen atoms in total. The van der Waals surface area contributed by atoms with Crippen LogP contribution in [0.15, 0.2) is 65.2 Å². The van der Waals surface area contributed by atoms with Gasteiger partial charge in [-0.1, -0.05) is 35.9 Å². The molecule has 0 atom stereocenters. The Morgan fingerprint density at radius 1 is 1.07 bits per heavy atom. The zero-order valence-corrected chi connectivity index (χ0v) is 16.1. The van der Waals surface area contributed by atoms with Crippen molar-refractivity contribution in [2.45, 2.75) is 32.1 Å². The summed E-state index contributed by atoms with van der Waals surface area (Å²) in [5.74, 6) is -0.548. The van der Waals surface area contributed by atoms with Gasteiger partial charge in [-0.3, -0.25) is 9.59 Å². The van der Waals surface area contributed by atoms with Gasteiger partial charge in [-0.05, 0) is 61.8 Å². The van der Waals surface area contributed by atoms with Crippen LogP contribution in [-0.4, -0.2) is 18.4 Å². The first-order chi connectivity index (χ1) is 13.2. The fraction of sp³-hybridized carbons (Fsp3) is 0.273. The number of thiophene rings is 1. The number of hydrogen-bond donors (Lipinski definition) is 2. The van der Waals surface area contributed by atoms with Gasteiger partial charge in [-0.2, -0.15) is 0 Å². The fourth-order valence-electron chi connectivity index (χ4n) is 3.02. The van der Waals surface area contributed by atoms with Crippen molar-refractivity contribution in [3.05, 3.63) is 75.6 Å². The molecule has 1 aliphatic carbocycles. The second-order valence-corrected chi connectivity index (χ2v) is 7.49. The summed E-state index contributed by atoms with van der Waals surface area (Å²) >= 11 is 1.52. The number of carbonyl (C=O) groups excluding carboxylic acids is 2. The molecule has 0 saturated carbocycles. The van der Waals surface area contributed by atoms with Crippen LogP contribution in [0.1, 0.15) is 47.3 Å². The summed E-state index contributed by atoms with van der Waals surface area (Å²) in [6, 6.07) is 12.7. The van der Waals surface area contributed by atoms with Crippen molar-refractivity contribution in [1.29, 1.82) is 0 Å². The number of nitrogens with one attached hydrogen (secondary N) is 2. The van der Waals surface area contributed by atoms with E-state index in [0.717, 1.165) is 24.1 Å². The molecule has 0 saturated heterocycles. The molecular weight excluding hydrogens is 356 g/mol. The topological polar surface area (TPSA) is 58.2 Å². The summed E-state index contributed by atoms with van der Waals surface area (Å²) in [6.07, 6.45) is 9.63. The van der Waals surface area contributed by atoms with E-state index in [1.807, 2.05) is 23.6 Å². The quantitative estimate of drug-likeness (QED) is 0.548. The molecule has 0 aliphatic heterocycles. The van der Waals surface area contributed by atoms with Crippen LogP contribution in [0.4, 0.5) is 0 Å². The van der Waals surface area contributed by atoms with Crippen LogP contribution in [0.3, 0.4) is 0 Å². The van der Waals surface area contributed by atoms with E-state index in [-0.39, 0.29) is 17.5 Å². The summed E-state index contributed by atoms with van der Waals surface area (Å²) < 4.78 is 0. The fourth-order valence-corrected chi connectivity index (χ4v) is 3.68. The van der Waals surface area contributed by atoms with Crippen LogP contribution in [0, 0.1) is 0 Å². The van der Waals surface area contributed by atoms with Crippen molar-refractivity contribution in [2.24, 2.45) is 0 Å². The van der Waals surface area contributed by atoms with Gasteiger partial charge in [0, 0.05) is 17.0 Å². The highest BCUT2D eigenvalue weighted by Crippen LogP contribution is 2.19. The second kappa shape index (κ2) is 9.88. The lowest BCUT2D eigenvalue weighted by Gasteiger charge is -2.14. The predicted molar refractivity (Wildman–Crippen MR) is 110 cm³/mol. The second-order valence-electron chi connectivity index (χ2n) is 6.51. The van der Waals surface area contributed by atoms with Crippen LogP contribution >= 0.6 is 11.3 Å². The van der Waals surface area contributed by atoms with E-state index in [4.69, 9.17) is 0 Å². The molecule has 1 heterocycles. The third-order valence-electron chi connectivity index (χ3n) is 4.48. The number of carbonyl (C=O) groups is 2. The zero-order valence-electron chi connectivity index (χ0n) is 15.2. The van der Waals surface area contributed by atoms with Crippen LogP contribution in [0.25, 0.3) is 6.08 Å². The molecule has 140 valence electrons. The minimum atomic E-state index is -0.288. The van der Waals surface area contributed by atoms with Crippen molar-refractivity contribution >= 4 is 29.2 Å². The molecule has 0 fully saturated rings. The maximum Gasteiger partial charge on any atom is 0.267 e. The minimum absolute atomic E-state index is 0.260. The molecule has 0 bridgehead atoms. The van der Waals surface area contributed by atoms with Gasteiger partial charge in [0.05, 0.1) is 0 Å². The first kappa shape index (κ1) is 19.1. The SMILES string of the molecule is O=C(NCCC1=CCCCC1)C(=Cc1cccs1)NC(=O)c1ccccc1. The molecule has 2 aromatic rings. The Morgan fingerprint density at radius 3 is 2.63 bits per heavy atom. The van der Waals surface area contributed by atoms with Gasteiger partial charge in [0.25, 0.3) is 11.8 Å². The van der Waals surface area contributed by atoms with Gasteiger partial charge in [0.2, 0.25) is 0 Å². The lowest BCUT2D eigenvalue weighted by atomic mass is 9.97. The van der Waals surface area contributed by atoms with E-state index in [1.165, 1.54) is 29.8 Å². The molecule has 5 heteroatoms. The Bertz CT molecular complexity index is 823. The van der Waals surface area contributed by atoms with Gasteiger partial charge in [-0.15, -0.1) is 11.3 Å². The van der Waals surface area contributed by atoms with Crippen molar-refractivity contribution in [3.8, 4) is 0 Å². The van der Waals surface area contributed by atoms with E-state index in [2.05, 4.69) is 16.7 Å². The Kier molecular flexibility index (Phi) is 6.99. The van der Waals surface area contributed by atoms with E-state index in [9.17, 15) is 9.59 Å². The number of amides is 2.